The van der Waals surface area contributed by atoms with Gasteiger partial charge in [-0.1, -0.05) is 59.8 Å². The van der Waals surface area contributed by atoms with Crippen LogP contribution in [0, 0.1) is 19.3 Å². The number of esters is 1. The lowest BCUT2D eigenvalue weighted by Gasteiger charge is -2.28. The Bertz CT molecular complexity index is 808. The van der Waals surface area contributed by atoms with Crippen molar-refractivity contribution in [2.75, 3.05) is 29.9 Å². The van der Waals surface area contributed by atoms with Gasteiger partial charge in [0.2, 0.25) is 5.91 Å². The van der Waals surface area contributed by atoms with Crippen LogP contribution in [0.1, 0.15) is 95.4 Å². The third-order valence-corrected chi connectivity index (χ3v) is 6.53. The molecule has 0 fully saturated rings. The Hall–Kier alpha value is -2.04. The highest BCUT2D eigenvalue weighted by Gasteiger charge is 2.31. The van der Waals surface area contributed by atoms with Gasteiger partial charge in [0.15, 0.2) is 0 Å². The van der Waals surface area contributed by atoms with Gasteiger partial charge in [0, 0.05) is 18.5 Å². The maximum Gasteiger partial charge on any atom is 0.310 e. The number of fused-ring (bicyclic) bond motifs is 1. The summed E-state index contributed by atoms with van der Waals surface area (Å²) in [5, 5.41) is 3.24. The van der Waals surface area contributed by atoms with Gasteiger partial charge >= 0.3 is 5.97 Å². The Balaban J connectivity index is 2.36. The molecule has 1 heterocycles. The number of benzene rings is 1. The molecule has 5 nitrogen and oxygen atoms in total. The monoisotopic (exact) mass is 444 g/mol. The van der Waals surface area contributed by atoms with Crippen molar-refractivity contribution in [3.8, 4) is 0 Å². The van der Waals surface area contributed by atoms with Gasteiger partial charge in [-0.2, -0.15) is 0 Å². The minimum absolute atomic E-state index is 0.000142. The summed E-state index contributed by atoms with van der Waals surface area (Å²) in [6.45, 7) is 16.4. The van der Waals surface area contributed by atoms with Crippen molar-refractivity contribution in [2.24, 2.45) is 5.41 Å². The van der Waals surface area contributed by atoms with Gasteiger partial charge < -0.3 is 15.0 Å². The summed E-state index contributed by atoms with van der Waals surface area (Å²) in [6.07, 6.45) is 8.79. The second-order valence-corrected chi connectivity index (χ2v) is 10.1. The largest absolute Gasteiger partial charge is 0.466 e. The fourth-order valence-corrected chi connectivity index (χ4v) is 4.52. The predicted molar refractivity (Wildman–Crippen MR) is 134 cm³/mol. The van der Waals surface area contributed by atoms with Crippen LogP contribution in [-0.4, -0.2) is 31.6 Å². The maximum atomic E-state index is 13.0. The molecule has 0 atom stereocenters. The molecule has 1 aliphatic heterocycles. The molecule has 5 heteroatoms. The average molecular weight is 445 g/mol. The van der Waals surface area contributed by atoms with Crippen molar-refractivity contribution in [3.63, 3.8) is 0 Å². The number of hydrogen-bond donors (Lipinski definition) is 1. The van der Waals surface area contributed by atoms with E-state index in [1.54, 1.807) is 0 Å². The first-order valence-electron chi connectivity index (χ1n) is 12.5. The van der Waals surface area contributed by atoms with E-state index in [9.17, 15) is 9.59 Å². The number of rotatable bonds is 11. The average Bonchev–Trinajstić information content (AvgIpc) is 3.14. The summed E-state index contributed by atoms with van der Waals surface area (Å²) < 4.78 is 5.23. The molecule has 0 spiro atoms. The molecule has 0 bridgehead atoms. The molecule has 0 saturated carbocycles. The van der Waals surface area contributed by atoms with E-state index in [1.807, 2.05) is 34.6 Å². The number of nitrogens with one attached hydrogen (secondary N) is 1. The summed E-state index contributed by atoms with van der Waals surface area (Å²) in [6, 6.07) is 0. The number of carbonyl (C=O) groups is 2. The van der Waals surface area contributed by atoms with E-state index >= 15 is 0 Å². The number of carbonyl (C=O) groups excluding carboxylic acids is 2. The summed E-state index contributed by atoms with van der Waals surface area (Å²) in [4.78, 5) is 27.7. The molecule has 0 saturated heterocycles. The van der Waals surface area contributed by atoms with Gasteiger partial charge in [0.25, 0.3) is 0 Å². The van der Waals surface area contributed by atoms with Crippen molar-refractivity contribution in [1.82, 2.24) is 0 Å². The SMILES string of the molecule is CCCCCCCCN1CCc2c(C)c(CC(=O)OCC)c(C)c(NC(=O)C(C)(C)C)c21. The smallest absolute Gasteiger partial charge is 0.310 e. The first kappa shape index (κ1) is 26.2. The van der Waals surface area contributed by atoms with Gasteiger partial charge in [-0.05, 0) is 55.9 Å². The standard InChI is InChI=1S/C27H44N2O3/c1-8-10-11-12-13-14-16-29-17-15-21-19(3)22(18-23(30)32-9-2)20(4)24(25(21)29)28-26(31)27(5,6)7/h8-18H2,1-7H3,(H,28,31). The number of unbranched alkanes of at least 4 members (excludes halogenated alkanes) is 5. The van der Waals surface area contributed by atoms with Crippen LogP contribution in [0.15, 0.2) is 0 Å². The third kappa shape index (κ3) is 6.49. The number of ether oxygens (including phenoxy) is 1. The second kappa shape index (κ2) is 11.7. The highest BCUT2D eigenvalue weighted by molar-refractivity contribution is 6.00. The van der Waals surface area contributed by atoms with Crippen LogP contribution in [0.4, 0.5) is 11.4 Å². The molecule has 180 valence electrons. The zero-order chi connectivity index (χ0) is 23.9. The third-order valence-electron chi connectivity index (χ3n) is 6.53. The van der Waals surface area contributed by atoms with Crippen LogP contribution in [0.2, 0.25) is 0 Å². The van der Waals surface area contributed by atoms with E-state index in [2.05, 4.69) is 24.1 Å². The Labute approximate surface area is 195 Å². The molecule has 0 aromatic heterocycles. The van der Waals surface area contributed by atoms with Crippen molar-refractivity contribution in [2.45, 2.75) is 99.8 Å². The minimum Gasteiger partial charge on any atom is -0.466 e. The summed E-state index contributed by atoms with van der Waals surface area (Å²) in [7, 11) is 0. The summed E-state index contributed by atoms with van der Waals surface area (Å²) in [5.74, 6) is -0.214. The zero-order valence-electron chi connectivity index (χ0n) is 21.5. The van der Waals surface area contributed by atoms with Crippen molar-refractivity contribution in [3.05, 3.63) is 22.3 Å². The molecule has 32 heavy (non-hydrogen) atoms. The Morgan fingerprint density at radius 1 is 1.00 bits per heavy atom. The molecule has 0 radical (unpaired) electrons. The molecule has 0 unspecified atom stereocenters. The lowest BCUT2D eigenvalue weighted by Crippen LogP contribution is -2.30. The molecule has 1 aromatic rings. The Kier molecular flexibility index (Phi) is 9.60. The molecule has 0 aliphatic carbocycles. The quantitative estimate of drug-likeness (QED) is 0.330. The molecule has 2 rings (SSSR count). The fraction of sp³-hybridized carbons (Fsp3) is 0.704. The van der Waals surface area contributed by atoms with Crippen LogP contribution in [0.5, 0.6) is 0 Å². The predicted octanol–water partition coefficient (Wildman–Crippen LogP) is 6.12. The van der Waals surface area contributed by atoms with E-state index in [0.29, 0.717) is 6.61 Å². The van der Waals surface area contributed by atoms with E-state index in [1.165, 1.54) is 55.3 Å². The van der Waals surface area contributed by atoms with E-state index in [4.69, 9.17) is 4.74 Å². The number of anilines is 2. The van der Waals surface area contributed by atoms with Gasteiger partial charge in [-0.15, -0.1) is 0 Å². The lowest BCUT2D eigenvalue weighted by atomic mass is 9.90. The van der Waals surface area contributed by atoms with Crippen molar-refractivity contribution in [1.29, 1.82) is 0 Å². The molecule has 1 amide bonds. The molecule has 1 aliphatic rings. The van der Waals surface area contributed by atoms with Gasteiger partial charge in [-0.25, -0.2) is 0 Å². The highest BCUT2D eigenvalue weighted by atomic mass is 16.5. The van der Waals surface area contributed by atoms with Crippen LogP contribution < -0.4 is 10.2 Å². The first-order chi connectivity index (χ1) is 15.1. The van der Waals surface area contributed by atoms with Crippen LogP contribution in [0.3, 0.4) is 0 Å². The molecular weight excluding hydrogens is 400 g/mol. The first-order valence-corrected chi connectivity index (χ1v) is 12.5. The van der Waals surface area contributed by atoms with Crippen molar-refractivity contribution >= 4 is 23.3 Å². The molecule has 1 aromatic carbocycles. The Morgan fingerprint density at radius 3 is 2.28 bits per heavy atom. The minimum atomic E-state index is -0.492. The number of amides is 1. The summed E-state index contributed by atoms with van der Waals surface area (Å²) in [5.41, 5.74) is 5.98. The van der Waals surface area contributed by atoms with Crippen LogP contribution >= 0.6 is 0 Å². The number of nitrogens with zero attached hydrogens (tertiary/aromatic N) is 1. The van der Waals surface area contributed by atoms with Gasteiger partial charge in [0.05, 0.1) is 24.4 Å². The van der Waals surface area contributed by atoms with E-state index in [-0.39, 0.29) is 18.3 Å². The summed E-state index contributed by atoms with van der Waals surface area (Å²) >= 11 is 0. The normalized spacial score (nSPS) is 13.3. The number of hydrogen-bond acceptors (Lipinski definition) is 4. The molecular formula is C27H44N2O3. The van der Waals surface area contributed by atoms with Gasteiger partial charge in [0.1, 0.15) is 0 Å². The zero-order valence-corrected chi connectivity index (χ0v) is 21.5. The second-order valence-electron chi connectivity index (χ2n) is 10.1. The Morgan fingerprint density at radius 2 is 1.66 bits per heavy atom. The topological polar surface area (TPSA) is 58.6 Å². The lowest BCUT2D eigenvalue weighted by molar-refractivity contribution is -0.142. The van der Waals surface area contributed by atoms with Crippen molar-refractivity contribution < 1.29 is 14.3 Å². The van der Waals surface area contributed by atoms with Gasteiger partial charge in [-0.3, -0.25) is 9.59 Å². The fourth-order valence-electron chi connectivity index (χ4n) is 4.52. The van der Waals surface area contributed by atoms with E-state index in [0.717, 1.165) is 36.3 Å². The van der Waals surface area contributed by atoms with Crippen LogP contribution in [-0.2, 0) is 27.2 Å². The van der Waals surface area contributed by atoms with E-state index < -0.39 is 5.41 Å². The maximum absolute atomic E-state index is 13.0. The highest BCUT2D eigenvalue weighted by Crippen LogP contribution is 2.43. The molecule has 1 N–H and O–H groups in total. The van der Waals surface area contributed by atoms with Crippen LogP contribution in [0.25, 0.3) is 0 Å².